The first-order valence-electron chi connectivity index (χ1n) is 9.49. The number of halogens is 2. The molecule has 4 nitrogen and oxygen atoms in total. The highest BCUT2D eigenvalue weighted by atomic mass is 19.1. The second-order valence-electron chi connectivity index (χ2n) is 7.17. The van der Waals surface area contributed by atoms with Crippen LogP contribution in [0.4, 0.5) is 20.2 Å². The van der Waals surface area contributed by atoms with Crippen molar-refractivity contribution in [3.63, 3.8) is 0 Å². The van der Waals surface area contributed by atoms with Gasteiger partial charge in [-0.3, -0.25) is 4.79 Å². The number of aromatic nitrogens is 1. The van der Waals surface area contributed by atoms with Gasteiger partial charge in [-0.2, -0.15) is 0 Å². The van der Waals surface area contributed by atoms with Gasteiger partial charge in [-0.1, -0.05) is 36.4 Å². The molecule has 0 fully saturated rings. The topological polar surface area (TPSA) is 45.5 Å². The maximum Gasteiger partial charge on any atom is 0.307 e. The van der Waals surface area contributed by atoms with E-state index in [-0.39, 0.29) is 12.1 Å². The summed E-state index contributed by atoms with van der Waals surface area (Å²) in [6, 6.07) is 18.9. The summed E-state index contributed by atoms with van der Waals surface area (Å²) in [5.74, 6) is -2.11. The number of aliphatic carboxylic acids is 1. The predicted octanol–water partition coefficient (Wildman–Crippen LogP) is 5.36. The Kier molecular flexibility index (Phi) is 5.23. The van der Waals surface area contributed by atoms with Crippen molar-refractivity contribution in [2.45, 2.75) is 13.0 Å². The molecule has 1 aromatic heterocycles. The third-order valence-electron chi connectivity index (χ3n) is 5.16. The highest BCUT2D eigenvalue weighted by Gasteiger charge is 2.15. The number of rotatable bonds is 6. The Morgan fingerprint density at radius 1 is 0.967 bits per heavy atom. The lowest BCUT2D eigenvalue weighted by atomic mass is 10.1. The number of para-hydroxylation sites is 2. The van der Waals surface area contributed by atoms with Gasteiger partial charge in [0, 0.05) is 36.4 Å². The highest BCUT2D eigenvalue weighted by molar-refractivity contribution is 5.87. The monoisotopic (exact) mass is 406 g/mol. The zero-order chi connectivity index (χ0) is 21.3. The standard InChI is InChI=1S/C24H20F2N2O2/c1-27(24-20(25)6-4-7-21(24)26)18-11-9-16(10-12-18)14-28-15-17(13-23(29)30)19-5-2-3-8-22(19)28/h2-12,15H,13-14H2,1H3,(H,29,30). The van der Waals surface area contributed by atoms with E-state index in [1.54, 1.807) is 7.05 Å². The van der Waals surface area contributed by atoms with Crippen LogP contribution in [0.5, 0.6) is 0 Å². The summed E-state index contributed by atoms with van der Waals surface area (Å²) < 4.78 is 30.2. The molecule has 0 amide bonds. The van der Waals surface area contributed by atoms with Crippen molar-refractivity contribution in [2.75, 3.05) is 11.9 Å². The first-order valence-corrected chi connectivity index (χ1v) is 9.49. The first-order chi connectivity index (χ1) is 14.4. The van der Waals surface area contributed by atoms with E-state index < -0.39 is 17.6 Å². The summed E-state index contributed by atoms with van der Waals surface area (Å²) >= 11 is 0. The molecule has 152 valence electrons. The first kappa shape index (κ1) is 19.6. The van der Waals surface area contributed by atoms with Gasteiger partial charge in [-0.15, -0.1) is 0 Å². The van der Waals surface area contributed by atoms with Gasteiger partial charge < -0.3 is 14.6 Å². The minimum atomic E-state index is -0.870. The number of benzene rings is 3. The Morgan fingerprint density at radius 3 is 2.30 bits per heavy atom. The molecule has 0 aliphatic rings. The van der Waals surface area contributed by atoms with Crippen LogP contribution in [-0.2, 0) is 17.8 Å². The quantitative estimate of drug-likeness (QED) is 0.469. The second-order valence-corrected chi connectivity index (χ2v) is 7.17. The molecule has 4 aromatic rings. The Labute approximate surface area is 172 Å². The molecule has 0 aliphatic heterocycles. The third kappa shape index (κ3) is 3.76. The van der Waals surface area contributed by atoms with Crippen molar-refractivity contribution < 1.29 is 18.7 Å². The van der Waals surface area contributed by atoms with Crippen LogP contribution in [0.3, 0.4) is 0 Å². The number of hydrogen-bond donors (Lipinski definition) is 1. The number of anilines is 2. The van der Waals surface area contributed by atoms with Crippen molar-refractivity contribution in [1.82, 2.24) is 4.57 Å². The number of carboxylic acids is 1. The molecule has 0 saturated carbocycles. The molecule has 1 heterocycles. The molecule has 0 radical (unpaired) electrons. The zero-order valence-electron chi connectivity index (χ0n) is 16.3. The fraction of sp³-hybridized carbons (Fsp3) is 0.125. The van der Waals surface area contributed by atoms with Gasteiger partial charge in [0.25, 0.3) is 0 Å². The van der Waals surface area contributed by atoms with Crippen LogP contribution in [-0.4, -0.2) is 22.7 Å². The van der Waals surface area contributed by atoms with Crippen LogP contribution >= 0.6 is 0 Å². The summed E-state index contributed by atoms with van der Waals surface area (Å²) in [7, 11) is 1.62. The van der Waals surface area contributed by atoms with E-state index in [0.29, 0.717) is 12.2 Å². The molecular weight excluding hydrogens is 386 g/mol. The van der Waals surface area contributed by atoms with Crippen LogP contribution in [0, 0.1) is 11.6 Å². The van der Waals surface area contributed by atoms with Crippen LogP contribution in [0.2, 0.25) is 0 Å². The van der Waals surface area contributed by atoms with Crippen LogP contribution in [0.25, 0.3) is 10.9 Å². The van der Waals surface area contributed by atoms with E-state index in [0.717, 1.165) is 22.0 Å². The van der Waals surface area contributed by atoms with Gasteiger partial charge in [-0.25, -0.2) is 8.78 Å². The molecule has 4 rings (SSSR count). The maximum atomic E-state index is 14.1. The second kappa shape index (κ2) is 7.99. The molecule has 0 saturated heterocycles. The fourth-order valence-corrected chi connectivity index (χ4v) is 3.72. The normalized spacial score (nSPS) is 11.0. The van der Waals surface area contributed by atoms with Gasteiger partial charge >= 0.3 is 5.97 Å². The lowest BCUT2D eigenvalue weighted by Gasteiger charge is -2.21. The number of carboxylic acid groups (broad SMARTS) is 1. The van der Waals surface area contributed by atoms with Crippen LogP contribution in [0.1, 0.15) is 11.1 Å². The molecule has 0 unspecified atom stereocenters. The van der Waals surface area contributed by atoms with E-state index >= 15 is 0 Å². The van der Waals surface area contributed by atoms with Crippen molar-refractivity contribution in [3.8, 4) is 0 Å². The SMILES string of the molecule is CN(c1ccc(Cn2cc(CC(=O)O)c3ccccc32)cc1)c1c(F)cccc1F. The Hall–Kier alpha value is -3.67. The minimum Gasteiger partial charge on any atom is -0.481 e. The Balaban J connectivity index is 1.61. The summed E-state index contributed by atoms with van der Waals surface area (Å²) in [4.78, 5) is 12.7. The lowest BCUT2D eigenvalue weighted by Crippen LogP contribution is -2.13. The van der Waals surface area contributed by atoms with Gasteiger partial charge in [-0.05, 0) is 41.5 Å². The summed E-state index contributed by atoms with van der Waals surface area (Å²) in [6.07, 6.45) is 1.83. The van der Waals surface area contributed by atoms with Crippen molar-refractivity contribution in [2.24, 2.45) is 0 Å². The molecule has 0 atom stereocenters. The molecular formula is C24H20F2N2O2. The van der Waals surface area contributed by atoms with Crippen LogP contribution < -0.4 is 4.90 Å². The van der Waals surface area contributed by atoms with Gasteiger partial charge in [0.05, 0.1) is 6.42 Å². The van der Waals surface area contributed by atoms with Crippen molar-refractivity contribution in [3.05, 3.63) is 95.7 Å². The molecule has 3 aromatic carbocycles. The molecule has 30 heavy (non-hydrogen) atoms. The third-order valence-corrected chi connectivity index (χ3v) is 5.16. The maximum absolute atomic E-state index is 14.1. The summed E-state index contributed by atoms with van der Waals surface area (Å²) in [5.41, 5.74) is 3.28. The van der Waals surface area contributed by atoms with E-state index in [4.69, 9.17) is 0 Å². The minimum absolute atomic E-state index is 0.0363. The number of carbonyl (C=O) groups is 1. The van der Waals surface area contributed by atoms with Gasteiger partial charge in [0.2, 0.25) is 0 Å². The van der Waals surface area contributed by atoms with Crippen molar-refractivity contribution in [1.29, 1.82) is 0 Å². The average molecular weight is 406 g/mol. The average Bonchev–Trinajstić information content (AvgIpc) is 3.05. The molecule has 1 N–H and O–H groups in total. The fourth-order valence-electron chi connectivity index (χ4n) is 3.72. The summed E-state index contributed by atoms with van der Waals surface area (Å²) in [5, 5.41) is 10.1. The summed E-state index contributed by atoms with van der Waals surface area (Å²) in [6.45, 7) is 0.554. The van der Waals surface area contributed by atoms with E-state index in [2.05, 4.69) is 0 Å². The van der Waals surface area contributed by atoms with Gasteiger partial charge in [0.1, 0.15) is 17.3 Å². The number of fused-ring (bicyclic) bond motifs is 1. The lowest BCUT2D eigenvalue weighted by molar-refractivity contribution is -0.136. The van der Waals surface area contributed by atoms with Crippen LogP contribution in [0.15, 0.2) is 72.9 Å². The van der Waals surface area contributed by atoms with E-state index in [1.165, 1.54) is 23.1 Å². The van der Waals surface area contributed by atoms with E-state index in [1.807, 2.05) is 59.3 Å². The molecule has 0 spiro atoms. The highest BCUT2D eigenvalue weighted by Crippen LogP contribution is 2.29. The molecule has 0 aliphatic carbocycles. The largest absolute Gasteiger partial charge is 0.481 e. The smallest absolute Gasteiger partial charge is 0.307 e. The molecule has 0 bridgehead atoms. The van der Waals surface area contributed by atoms with Gasteiger partial charge in [0.15, 0.2) is 0 Å². The molecule has 6 heteroatoms. The van der Waals surface area contributed by atoms with Crippen molar-refractivity contribution >= 4 is 28.2 Å². The Morgan fingerprint density at radius 2 is 1.63 bits per heavy atom. The Bertz CT molecular complexity index is 1200. The zero-order valence-corrected chi connectivity index (χ0v) is 16.3. The van der Waals surface area contributed by atoms with E-state index in [9.17, 15) is 18.7 Å². The number of nitrogens with zero attached hydrogens (tertiary/aromatic N) is 2. The predicted molar refractivity (Wildman–Crippen MR) is 113 cm³/mol. The number of hydrogen-bond acceptors (Lipinski definition) is 2.